The van der Waals surface area contributed by atoms with E-state index in [-0.39, 0.29) is 17.3 Å². The lowest BCUT2D eigenvalue weighted by Crippen LogP contribution is -2.24. The van der Waals surface area contributed by atoms with Gasteiger partial charge in [-0.1, -0.05) is 0 Å². The van der Waals surface area contributed by atoms with Crippen LogP contribution in [-0.2, 0) is 11.7 Å². The zero-order valence-electron chi connectivity index (χ0n) is 18.5. The first-order chi connectivity index (χ1) is 13.6. The number of rotatable bonds is 4. The number of hydrogen-bond donors (Lipinski definition) is 2. The van der Waals surface area contributed by atoms with Gasteiger partial charge in [0.05, 0.1) is 23.6 Å². The van der Waals surface area contributed by atoms with Crippen molar-refractivity contribution in [2.45, 2.75) is 32.3 Å². The fourth-order valence-electron chi connectivity index (χ4n) is 1.77. The van der Waals surface area contributed by atoms with Crippen molar-refractivity contribution >= 4 is 17.5 Å². The van der Waals surface area contributed by atoms with Gasteiger partial charge in [-0.25, -0.2) is 4.98 Å². The van der Waals surface area contributed by atoms with Gasteiger partial charge in [0.25, 0.3) is 0 Å². The molecule has 128 valence electrons. The molecule has 2 rings (SSSR count). The van der Waals surface area contributed by atoms with Crippen LogP contribution in [0, 0.1) is 18.3 Å². The molecule has 0 aliphatic carbocycles. The average molecular weight is 345 g/mol. The molecule has 7 nitrogen and oxygen atoms in total. The Morgan fingerprint density at radius 3 is 2.62 bits per heavy atom. The highest BCUT2D eigenvalue weighted by Gasteiger charge is 2.35. The molecule has 0 bridgehead atoms. The molecule has 0 aromatic carbocycles. The van der Waals surface area contributed by atoms with Gasteiger partial charge in [0.15, 0.2) is 0 Å². The fraction of sp³-hybridized carbons (Fsp3) is 0.429. The highest BCUT2D eigenvalue weighted by molar-refractivity contribution is 5.58. The minimum atomic E-state index is -4.69. The van der Waals surface area contributed by atoms with Gasteiger partial charge in [-0.15, -0.1) is 0 Å². The molecule has 2 aromatic rings. The Morgan fingerprint density at radius 1 is 1.38 bits per heavy atom. The molecule has 0 fully saturated rings. The summed E-state index contributed by atoms with van der Waals surface area (Å²) in [6, 6.07) is 1.34. The van der Waals surface area contributed by atoms with E-state index in [1.807, 2.05) is 0 Å². The molecule has 2 aromatic heterocycles. The number of anilines is 3. The molecule has 0 aliphatic heterocycles. The molecule has 0 aliphatic rings. The minimum absolute atomic E-state index is 0.00457. The monoisotopic (exact) mass is 345 g/mol. The van der Waals surface area contributed by atoms with Gasteiger partial charge >= 0.3 is 6.18 Å². The summed E-state index contributed by atoms with van der Waals surface area (Å²) in [4.78, 5) is 7.28. The van der Waals surface area contributed by atoms with Crippen LogP contribution in [0.1, 0.15) is 33.2 Å². The van der Waals surface area contributed by atoms with Crippen molar-refractivity contribution in [3.8, 4) is 6.07 Å². The molecule has 0 saturated carbocycles. The second kappa shape index (κ2) is 5.99. The van der Waals surface area contributed by atoms with E-state index < -0.39 is 36.8 Å². The maximum atomic E-state index is 13.0. The van der Waals surface area contributed by atoms with Crippen LogP contribution in [0.5, 0.6) is 0 Å². The Labute approximate surface area is 145 Å². The summed E-state index contributed by atoms with van der Waals surface area (Å²) in [7, 11) is 1.23. The van der Waals surface area contributed by atoms with Crippen LogP contribution < -0.4 is 10.6 Å². The third-order valence-electron chi connectivity index (χ3n) is 2.98. The maximum Gasteiger partial charge on any atom is 0.421 e. The summed E-state index contributed by atoms with van der Waals surface area (Å²) >= 11 is 0. The molecule has 0 amide bonds. The van der Waals surface area contributed by atoms with E-state index in [1.165, 1.54) is 20.0 Å². The Hall–Kier alpha value is -2.83. The molecule has 0 unspecified atom stereocenters. The lowest BCUT2D eigenvalue weighted by molar-refractivity contribution is -0.137. The number of nitrogens with zero attached hydrogens (tertiary/aromatic N) is 5. The average Bonchev–Trinajstić information content (AvgIpc) is 2.92. The smallest absolute Gasteiger partial charge is 0.372 e. The Bertz CT molecular complexity index is 960. The molecule has 0 radical (unpaired) electrons. The predicted octanol–water partition coefficient (Wildman–Crippen LogP) is 3.04. The summed E-state index contributed by atoms with van der Waals surface area (Å²) in [5.74, 6) is -0.804. The SMILES string of the molecule is [2H]C([2H])([2H])C(C#N)(n1cc(Nc2ncc(C(F)(F)F)c(NC)n2)c(C)n1)C([2H])([2H])[2H]. The molecular weight excluding hydrogens is 323 g/mol. The molecule has 24 heavy (non-hydrogen) atoms. The zero-order valence-corrected chi connectivity index (χ0v) is 12.5. The van der Waals surface area contributed by atoms with Gasteiger partial charge in [0.2, 0.25) is 5.95 Å². The van der Waals surface area contributed by atoms with Crippen molar-refractivity contribution in [3.05, 3.63) is 23.7 Å². The molecule has 10 heteroatoms. The van der Waals surface area contributed by atoms with Gasteiger partial charge in [-0.2, -0.15) is 28.5 Å². The van der Waals surface area contributed by atoms with E-state index >= 15 is 0 Å². The first-order valence-corrected chi connectivity index (χ1v) is 6.45. The summed E-state index contributed by atoms with van der Waals surface area (Å²) in [5, 5.41) is 18.2. The number of nitrogens with one attached hydrogen (secondary N) is 2. The lowest BCUT2D eigenvalue weighted by atomic mass is 10.1. The number of alkyl halides is 3. The Balaban J connectivity index is 2.53. The highest BCUT2D eigenvalue weighted by atomic mass is 19.4. The minimum Gasteiger partial charge on any atom is -0.372 e. The van der Waals surface area contributed by atoms with Crippen LogP contribution in [0.15, 0.2) is 12.4 Å². The normalized spacial score (nSPS) is 16.7. The summed E-state index contributed by atoms with van der Waals surface area (Å²) in [6.45, 7) is -5.16. The second-order valence-electron chi connectivity index (χ2n) is 4.72. The maximum absolute atomic E-state index is 13.0. The van der Waals surface area contributed by atoms with Gasteiger partial charge in [0.1, 0.15) is 16.9 Å². The molecule has 0 spiro atoms. The topological polar surface area (TPSA) is 91.5 Å². The van der Waals surface area contributed by atoms with E-state index in [1.54, 1.807) is 0 Å². The number of halogens is 3. The van der Waals surface area contributed by atoms with Crippen molar-refractivity contribution in [2.24, 2.45) is 0 Å². The summed E-state index contributed by atoms with van der Waals surface area (Å²) in [5.41, 5.74) is -4.01. The van der Waals surface area contributed by atoms with E-state index in [0.717, 1.165) is 6.20 Å². The van der Waals surface area contributed by atoms with E-state index in [2.05, 4.69) is 25.7 Å². The molecule has 0 atom stereocenters. The van der Waals surface area contributed by atoms with Crippen molar-refractivity contribution in [3.63, 3.8) is 0 Å². The third kappa shape index (κ3) is 3.40. The van der Waals surface area contributed by atoms with Crippen LogP contribution in [0.2, 0.25) is 0 Å². The Morgan fingerprint density at radius 2 is 2.08 bits per heavy atom. The summed E-state index contributed by atoms with van der Waals surface area (Å²) in [6.07, 6.45) is -3.19. The van der Waals surface area contributed by atoms with Gasteiger partial charge in [0, 0.05) is 21.5 Å². The molecule has 2 heterocycles. The van der Waals surface area contributed by atoms with Gasteiger partial charge in [-0.3, -0.25) is 4.68 Å². The van der Waals surface area contributed by atoms with Crippen molar-refractivity contribution in [1.82, 2.24) is 19.7 Å². The Kier molecular flexibility index (Phi) is 2.71. The lowest BCUT2D eigenvalue weighted by Gasteiger charge is -2.15. The van der Waals surface area contributed by atoms with Gasteiger partial charge < -0.3 is 10.6 Å². The number of nitriles is 1. The van der Waals surface area contributed by atoms with Gasteiger partial charge in [-0.05, 0) is 20.6 Å². The van der Waals surface area contributed by atoms with E-state index in [0.29, 0.717) is 10.9 Å². The zero-order chi connectivity index (χ0) is 23.1. The molecule has 0 saturated heterocycles. The van der Waals surface area contributed by atoms with Crippen LogP contribution in [0.4, 0.5) is 30.6 Å². The highest BCUT2D eigenvalue weighted by Crippen LogP contribution is 2.34. The second-order valence-corrected chi connectivity index (χ2v) is 4.72. The number of aryl methyl sites for hydroxylation is 1. The number of aromatic nitrogens is 4. The standard InChI is InChI=1S/C14H16F3N7/c1-8-10(6-24(23-8)13(2,3)7-18)21-12-20-5-9(14(15,16)17)11(19-4)22-12/h5-6H,1-4H3,(H2,19,20,21,22)/i2D3,3D3. The molecular formula is C14H16F3N7. The van der Waals surface area contributed by atoms with Crippen molar-refractivity contribution in [2.75, 3.05) is 17.7 Å². The fourth-order valence-corrected chi connectivity index (χ4v) is 1.77. The largest absolute Gasteiger partial charge is 0.421 e. The van der Waals surface area contributed by atoms with Crippen molar-refractivity contribution in [1.29, 1.82) is 5.26 Å². The van der Waals surface area contributed by atoms with Crippen molar-refractivity contribution < 1.29 is 21.4 Å². The number of hydrogen-bond acceptors (Lipinski definition) is 6. The van der Waals surface area contributed by atoms with Crippen LogP contribution in [-0.4, -0.2) is 26.8 Å². The first kappa shape index (κ1) is 10.9. The van der Waals surface area contributed by atoms with E-state index in [4.69, 9.17) is 8.22 Å². The van der Waals surface area contributed by atoms with Crippen LogP contribution >= 0.6 is 0 Å². The summed E-state index contributed by atoms with van der Waals surface area (Å²) < 4.78 is 85.0. The van der Waals surface area contributed by atoms with Crippen LogP contribution in [0.3, 0.4) is 0 Å². The first-order valence-electron chi connectivity index (χ1n) is 9.45. The van der Waals surface area contributed by atoms with E-state index in [9.17, 15) is 18.4 Å². The third-order valence-corrected chi connectivity index (χ3v) is 2.98. The van der Waals surface area contributed by atoms with Crippen LogP contribution in [0.25, 0.3) is 0 Å². The quantitative estimate of drug-likeness (QED) is 0.885. The molecule has 2 N–H and O–H groups in total. The predicted molar refractivity (Wildman–Crippen MR) is 81.8 cm³/mol.